The van der Waals surface area contributed by atoms with Gasteiger partial charge in [0.05, 0.1) is 0 Å². The molecule has 260 valence electrons. The van der Waals surface area contributed by atoms with Gasteiger partial charge < -0.3 is 0 Å². The molecule has 1 heteroatoms. The second-order valence-corrected chi connectivity index (χ2v) is 14.4. The first-order valence-electron chi connectivity index (χ1n) is 18.7. The zero-order chi connectivity index (χ0) is 37.0. The average Bonchev–Trinajstić information content (AvgIpc) is 3.24. The van der Waals surface area contributed by atoms with Gasteiger partial charge in [-0.1, -0.05) is 159 Å². The summed E-state index contributed by atoms with van der Waals surface area (Å²) in [4.78, 5) is 14.9. The van der Waals surface area contributed by atoms with Crippen LogP contribution in [0.4, 0.5) is 0 Å². The van der Waals surface area contributed by atoms with E-state index in [0.29, 0.717) is 0 Å². The Kier molecular flexibility index (Phi) is 9.71. The van der Waals surface area contributed by atoms with Crippen molar-refractivity contribution in [3.05, 3.63) is 216 Å². The lowest BCUT2D eigenvalue weighted by Gasteiger charge is -2.17. The normalized spacial score (nSPS) is 11.1. The minimum Gasteiger partial charge on any atom is -0.289 e. The van der Waals surface area contributed by atoms with Crippen molar-refractivity contribution in [3.63, 3.8) is 0 Å². The molecular weight excluding hydrogens is 653 g/mol. The number of carbonyl (C=O) groups excluding carboxylic acids is 1. The van der Waals surface area contributed by atoms with Gasteiger partial charge in [0.2, 0.25) is 0 Å². The molecule has 0 atom stereocenters. The van der Waals surface area contributed by atoms with E-state index in [-0.39, 0.29) is 11.7 Å². The molecule has 0 aliphatic heterocycles. The molecule has 0 aliphatic carbocycles. The molecule has 0 fully saturated rings. The van der Waals surface area contributed by atoms with E-state index < -0.39 is 0 Å². The molecule has 0 radical (unpaired) electrons. The van der Waals surface area contributed by atoms with Crippen molar-refractivity contribution >= 4 is 5.78 Å². The molecule has 0 aromatic heterocycles. The van der Waals surface area contributed by atoms with E-state index in [0.717, 1.165) is 89.0 Å². The Morgan fingerprint density at radius 1 is 0.333 bits per heavy atom. The van der Waals surface area contributed by atoms with Crippen molar-refractivity contribution in [2.24, 2.45) is 0 Å². The largest absolute Gasteiger partial charge is 0.289 e. The average molecular weight is 695 g/mol. The molecule has 0 aliphatic rings. The van der Waals surface area contributed by atoms with Crippen LogP contribution in [0.3, 0.4) is 0 Å². The summed E-state index contributed by atoms with van der Waals surface area (Å²) < 4.78 is 0. The molecule has 8 aromatic carbocycles. The Bertz CT molecular complexity index is 2450. The predicted molar refractivity (Wildman–Crippen MR) is 228 cm³/mol. The molecule has 1 nitrogen and oxygen atoms in total. The highest BCUT2D eigenvalue weighted by molar-refractivity contribution is 6.12. The molecule has 0 saturated carbocycles. The number of aryl methyl sites for hydroxylation is 1. The molecule has 8 aromatic rings. The number of carbonyl (C=O) groups is 1. The van der Waals surface area contributed by atoms with Gasteiger partial charge in [-0.2, -0.15) is 0 Å². The third-order valence-corrected chi connectivity index (χ3v) is 10.4. The van der Waals surface area contributed by atoms with Crippen LogP contribution < -0.4 is 0 Å². The van der Waals surface area contributed by atoms with Crippen molar-refractivity contribution in [1.82, 2.24) is 0 Å². The van der Waals surface area contributed by atoms with Crippen LogP contribution in [0.2, 0.25) is 0 Å². The minimum atomic E-state index is 0.0462. The van der Waals surface area contributed by atoms with Crippen LogP contribution in [0.5, 0.6) is 0 Å². The lowest BCUT2D eigenvalue weighted by molar-refractivity contribution is 0.103. The molecule has 0 N–H and O–H groups in total. The maximum Gasteiger partial charge on any atom is 0.193 e. The van der Waals surface area contributed by atoms with Gasteiger partial charge in [-0.15, -0.1) is 0 Å². The fourth-order valence-corrected chi connectivity index (χ4v) is 7.40. The van der Waals surface area contributed by atoms with Gasteiger partial charge in [-0.25, -0.2) is 0 Å². The molecule has 0 spiro atoms. The van der Waals surface area contributed by atoms with E-state index in [1.165, 1.54) is 0 Å². The van der Waals surface area contributed by atoms with Crippen LogP contribution in [0.1, 0.15) is 46.8 Å². The summed E-state index contributed by atoms with van der Waals surface area (Å²) in [6.45, 7) is 6.37. The summed E-state index contributed by atoms with van der Waals surface area (Å²) in [6.07, 6.45) is 0. The Balaban J connectivity index is 1.24. The molecule has 0 unspecified atom stereocenters. The highest BCUT2D eigenvalue weighted by Gasteiger charge is 2.20. The van der Waals surface area contributed by atoms with Crippen LogP contribution >= 0.6 is 0 Å². The third kappa shape index (κ3) is 7.22. The molecule has 0 heterocycles. The summed E-state index contributed by atoms with van der Waals surface area (Å²) >= 11 is 0. The maximum absolute atomic E-state index is 14.9. The number of hydrogen-bond donors (Lipinski definition) is 0. The highest BCUT2D eigenvalue weighted by atomic mass is 16.1. The number of rotatable bonds is 9. The van der Waals surface area contributed by atoms with Gasteiger partial charge >= 0.3 is 0 Å². The highest BCUT2D eigenvalue weighted by Crippen LogP contribution is 2.37. The van der Waals surface area contributed by atoms with Crippen molar-refractivity contribution in [2.45, 2.75) is 26.7 Å². The summed E-state index contributed by atoms with van der Waals surface area (Å²) in [6, 6.07) is 68.3. The van der Waals surface area contributed by atoms with E-state index >= 15 is 0 Å². The topological polar surface area (TPSA) is 17.1 Å². The van der Waals surface area contributed by atoms with Crippen LogP contribution in [0.15, 0.2) is 194 Å². The van der Waals surface area contributed by atoms with Crippen molar-refractivity contribution < 1.29 is 4.79 Å². The van der Waals surface area contributed by atoms with E-state index in [1.807, 2.05) is 31.2 Å². The quantitative estimate of drug-likeness (QED) is 0.137. The predicted octanol–water partition coefficient (Wildman–Crippen LogP) is 14.4. The van der Waals surface area contributed by atoms with Gasteiger partial charge in [0.25, 0.3) is 0 Å². The van der Waals surface area contributed by atoms with Crippen molar-refractivity contribution in [3.8, 4) is 66.8 Å². The Morgan fingerprint density at radius 3 is 1.00 bits per heavy atom. The van der Waals surface area contributed by atoms with Gasteiger partial charge in [0.15, 0.2) is 5.78 Å². The fourth-order valence-electron chi connectivity index (χ4n) is 7.40. The van der Waals surface area contributed by atoms with Crippen LogP contribution in [0.25, 0.3) is 66.8 Å². The van der Waals surface area contributed by atoms with Crippen molar-refractivity contribution in [1.29, 1.82) is 0 Å². The standard InChI is InChI=1S/C53H42O/c1-36(2)50-27-26-43(49-32-46(40-20-12-6-13-21-40)29-47(33-49)41-22-14-7-15-23-41)35-52(50)53(54)51-34-42(25-24-37(51)3)48-30-44(38-16-8-4-9-17-38)28-45(31-48)39-18-10-5-11-19-39/h4-36H,1-3H3. The van der Waals surface area contributed by atoms with Crippen LogP contribution in [-0.4, -0.2) is 5.78 Å². The first-order valence-corrected chi connectivity index (χ1v) is 18.7. The summed E-state index contributed by atoms with van der Waals surface area (Å²) in [7, 11) is 0. The first-order chi connectivity index (χ1) is 26.4. The SMILES string of the molecule is Cc1ccc(-c2cc(-c3ccccc3)cc(-c3ccccc3)c2)cc1C(=O)c1cc(-c2cc(-c3ccccc3)cc(-c3ccccc3)c2)ccc1C(C)C. The fraction of sp³-hybridized carbons (Fsp3) is 0.0755. The zero-order valence-electron chi connectivity index (χ0n) is 31.0. The summed E-state index contributed by atoms with van der Waals surface area (Å²) in [5, 5.41) is 0. The third-order valence-electron chi connectivity index (χ3n) is 10.4. The van der Waals surface area contributed by atoms with Crippen molar-refractivity contribution in [2.75, 3.05) is 0 Å². The van der Waals surface area contributed by atoms with Gasteiger partial charge in [-0.3, -0.25) is 4.79 Å². The summed E-state index contributed by atoms with van der Waals surface area (Å²) in [5.74, 6) is 0.220. The smallest absolute Gasteiger partial charge is 0.193 e. The number of ketones is 1. The Labute approximate surface area is 319 Å². The van der Waals surface area contributed by atoms with Gasteiger partial charge in [0, 0.05) is 11.1 Å². The lowest BCUT2D eigenvalue weighted by Crippen LogP contribution is -2.09. The van der Waals surface area contributed by atoms with Crippen LogP contribution in [0, 0.1) is 6.92 Å². The maximum atomic E-state index is 14.9. The number of benzene rings is 8. The first kappa shape index (κ1) is 34.5. The molecule has 0 saturated heterocycles. The lowest BCUT2D eigenvalue weighted by atomic mass is 9.86. The monoisotopic (exact) mass is 694 g/mol. The molecule has 0 amide bonds. The Morgan fingerprint density at radius 2 is 0.648 bits per heavy atom. The second kappa shape index (κ2) is 15.2. The van der Waals surface area contributed by atoms with Gasteiger partial charge in [-0.05, 0) is 139 Å². The molecule has 54 heavy (non-hydrogen) atoms. The van der Waals surface area contributed by atoms with E-state index in [9.17, 15) is 4.79 Å². The van der Waals surface area contributed by atoms with Crippen LogP contribution in [-0.2, 0) is 0 Å². The Hall–Kier alpha value is -6.57. The number of hydrogen-bond acceptors (Lipinski definition) is 1. The second-order valence-electron chi connectivity index (χ2n) is 14.4. The van der Waals surface area contributed by atoms with E-state index in [1.54, 1.807) is 0 Å². The van der Waals surface area contributed by atoms with Gasteiger partial charge in [0.1, 0.15) is 0 Å². The minimum absolute atomic E-state index is 0.0462. The van der Waals surface area contributed by atoms with E-state index in [2.05, 4.69) is 184 Å². The molecule has 0 bridgehead atoms. The summed E-state index contributed by atoms with van der Waals surface area (Å²) in [5.41, 5.74) is 16.9. The molecular formula is C53H42O. The molecule has 8 rings (SSSR count). The van der Waals surface area contributed by atoms with E-state index in [4.69, 9.17) is 0 Å². The zero-order valence-corrected chi connectivity index (χ0v) is 31.0.